The molecule has 172 valence electrons. The molecule has 0 bridgehead atoms. The van der Waals surface area contributed by atoms with E-state index < -0.39 is 0 Å². The number of fused-ring (bicyclic) bond motifs is 1. The van der Waals surface area contributed by atoms with Crippen molar-refractivity contribution < 1.29 is 14.3 Å². The molecule has 1 amide bonds. The minimum atomic E-state index is -0.127. The van der Waals surface area contributed by atoms with Crippen LogP contribution in [0.1, 0.15) is 42.1 Å². The van der Waals surface area contributed by atoms with Crippen LogP contribution in [0.2, 0.25) is 0 Å². The normalized spacial score (nSPS) is 17.4. The van der Waals surface area contributed by atoms with Crippen molar-refractivity contribution in [3.05, 3.63) is 78.2 Å². The first-order valence-corrected chi connectivity index (χ1v) is 11.3. The van der Waals surface area contributed by atoms with E-state index in [9.17, 15) is 9.59 Å². The molecular formula is C26H25N5O3. The number of hydrogen-bond acceptors (Lipinski definition) is 6. The number of carbonyl (C=O) groups excluding carboxylic acids is 2. The Hall–Kier alpha value is -4.20. The number of hydrogen-bond donors (Lipinski definition) is 3. The number of aromatic nitrogens is 3. The second kappa shape index (κ2) is 9.35. The molecule has 0 radical (unpaired) electrons. The van der Waals surface area contributed by atoms with E-state index in [1.807, 2.05) is 30.3 Å². The Morgan fingerprint density at radius 1 is 0.971 bits per heavy atom. The molecule has 34 heavy (non-hydrogen) atoms. The van der Waals surface area contributed by atoms with Crippen molar-refractivity contribution in [3.8, 4) is 11.5 Å². The molecule has 2 aromatic carbocycles. The first kappa shape index (κ1) is 21.6. The Kier molecular flexibility index (Phi) is 5.95. The molecule has 3 N–H and O–H groups in total. The van der Waals surface area contributed by atoms with Crippen LogP contribution < -0.4 is 15.4 Å². The Morgan fingerprint density at radius 3 is 2.47 bits per heavy atom. The summed E-state index contributed by atoms with van der Waals surface area (Å²) >= 11 is 0. The van der Waals surface area contributed by atoms with Gasteiger partial charge in [0.1, 0.15) is 29.3 Å². The van der Waals surface area contributed by atoms with Crippen LogP contribution in [0.25, 0.3) is 11.0 Å². The molecule has 0 spiro atoms. The van der Waals surface area contributed by atoms with Gasteiger partial charge in [0, 0.05) is 30.8 Å². The third kappa shape index (κ3) is 4.61. The van der Waals surface area contributed by atoms with Gasteiger partial charge in [0.2, 0.25) is 5.91 Å². The fourth-order valence-corrected chi connectivity index (χ4v) is 4.43. The summed E-state index contributed by atoms with van der Waals surface area (Å²) in [6.07, 6.45) is 5.78. The molecule has 8 nitrogen and oxygen atoms in total. The molecule has 0 unspecified atom stereocenters. The zero-order valence-electron chi connectivity index (χ0n) is 18.7. The average Bonchev–Trinajstić information content (AvgIpc) is 3.47. The number of aromatic amines is 1. The van der Waals surface area contributed by atoms with E-state index in [-0.39, 0.29) is 23.8 Å². The van der Waals surface area contributed by atoms with Crippen LogP contribution in [0.4, 0.5) is 5.82 Å². The number of amides is 1. The van der Waals surface area contributed by atoms with Crippen molar-refractivity contribution in [1.29, 1.82) is 0 Å². The molecule has 2 heterocycles. The maximum absolute atomic E-state index is 13.4. The average molecular weight is 456 g/mol. The first-order valence-electron chi connectivity index (χ1n) is 11.3. The largest absolute Gasteiger partial charge is 0.457 e. The molecule has 8 heteroatoms. The second-order valence-electron chi connectivity index (χ2n) is 8.47. The van der Waals surface area contributed by atoms with Crippen molar-refractivity contribution >= 4 is 28.5 Å². The van der Waals surface area contributed by atoms with E-state index in [2.05, 4.69) is 25.6 Å². The quantitative estimate of drug-likeness (QED) is 0.355. The minimum absolute atomic E-state index is 0.0196. The molecule has 0 saturated heterocycles. The van der Waals surface area contributed by atoms with Gasteiger partial charge in [-0.25, -0.2) is 9.97 Å². The number of carbonyl (C=O) groups is 2. The summed E-state index contributed by atoms with van der Waals surface area (Å²) in [5.41, 5.74) is 1.65. The standard InChI is InChI=1S/C26H25N5O3/c1-16(32)30-18-9-10-19(13-18)31-26-23-22(14-27-25(23)28-15-29-26)24(33)17-7-11-21(12-8-17)34-20-5-3-2-4-6-20/h2-8,11-12,14-15,18-19H,9-10,13H2,1H3,(H,30,32)(H2,27,28,29,31)/t18-,19-/m1/s1. The zero-order valence-corrected chi connectivity index (χ0v) is 18.7. The number of ether oxygens (including phenoxy) is 1. The Morgan fingerprint density at radius 2 is 1.71 bits per heavy atom. The van der Waals surface area contributed by atoms with Gasteiger partial charge in [-0.2, -0.15) is 0 Å². The number of rotatable bonds is 7. The van der Waals surface area contributed by atoms with E-state index in [4.69, 9.17) is 4.74 Å². The maximum Gasteiger partial charge on any atom is 0.217 e. The predicted molar refractivity (Wildman–Crippen MR) is 129 cm³/mol. The van der Waals surface area contributed by atoms with Crippen molar-refractivity contribution in [2.75, 3.05) is 5.32 Å². The Labute approximate surface area is 196 Å². The predicted octanol–water partition coefficient (Wildman–Crippen LogP) is 4.45. The number of benzene rings is 2. The van der Waals surface area contributed by atoms with Crippen LogP contribution in [0.3, 0.4) is 0 Å². The van der Waals surface area contributed by atoms with Crippen molar-refractivity contribution in [1.82, 2.24) is 20.3 Å². The number of nitrogens with zero attached hydrogens (tertiary/aromatic N) is 2. The summed E-state index contributed by atoms with van der Waals surface area (Å²) < 4.78 is 5.83. The molecule has 0 aliphatic heterocycles. The molecule has 1 fully saturated rings. The number of H-pyrrole nitrogens is 1. The van der Waals surface area contributed by atoms with Gasteiger partial charge >= 0.3 is 0 Å². The number of nitrogens with one attached hydrogen (secondary N) is 3. The third-order valence-corrected chi connectivity index (χ3v) is 5.99. The zero-order chi connectivity index (χ0) is 23.5. The van der Waals surface area contributed by atoms with Crippen LogP contribution in [-0.2, 0) is 4.79 Å². The lowest BCUT2D eigenvalue weighted by Crippen LogP contribution is -2.32. The van der Waals surface area contributed by atoms with Crippen LogP contribution in [0.5, 0.6) is 11.5 Å². The summed E-state index contributed by atoms with van der Waals surface area (Å²) in [6.45, 7) is 1.53. The van der Waals surface area contributed by atoms with E-state index in [0.29, 0.717) is 33.7 Å². The number of ketones is 1. The Balaban J connectivity index is 1.35. The van der Waals surface area contributed by atoms with E-state index in [1.165, 1.54) is 13.3 Å². The van der Waals surface area contributed by atoms with Crippen molar-refractivity contribution in [2.24, 2.45) is 0 Å². The van der Waals surface area contributed by atoms with Gasteiger partial charge in [-0.15, -0.1) is 0 Å². The van der Waals surface area contributed by atoms with Crippen LogP contribution in [0.15, 0.2) is 67.1 Å². The summed E-state index contributed by atoms with van der Waals surface area (Å²) in [6, 6.07) is 16.9. The SMILES string of the molecule is CC(=O)N[C@@H]1CC[C@@H](Nc2ncnc3[nH]cc(C(=O)c4ccc(Oc5ccccc5)cc4)c23)C1. The van der Waals surface area contributed by atoms with Crippen molar-refractivity contribution in [3.63, 3.8) is 0 Å². The third-order valence-electron chi connectivity index (χ3n) is 5.99. The molecule has 2 aromatic heterocycles. The van der Waals surface area contributed by atoms with Gasteiger partial charge in [-0.05, 0) is 55.7 Å². The number of anilines is 1. The number of para-hydroxylation sites is 1. The molecule has 1 aliphatic rings. The van der Waals surface area contributed by atoms with E-state index >= 15 is 0 Å². The molecule has 5 rings (SSSR count). The van der Waals surface area contributed by atoms with Gasteiger partial charge in [0.25, 0.3) is 0 Å². The van der Waals surface area contributed by atoms with Gasteiger partial charge in [0.15, 0.2) is 5.78 Å². The van der Waals surface area contributed by atoms with Crippen LogP contribution in [-0.4, -0.2) is 38.7 Å². The molecule has 2 atom stereocenters. The fourth-order valence-electron chi connectivity index (χ4n) is 4.43. The Bertz CT molecular complexity index is 1320. The summed E-state index contributed by atoms with van der Waals surface area (Å²) in [5, 5.41) is 7.11. The van der Waals surface area contributed by atoms with Crippen LogP contribution in [0, 0.1) is 0 Å². The van der Waals surface area contributed by atoms with Gasteiger partial charge in [-0.3, -0.25) is 9.59 Å². The summed E-state index contributed by atoms with van der Waals surface area (Å²) in [5.74, 6) is 1.86. The highest BCUT2D eigenvalue weighted by atomic mass is 16.5. The van der Waals surface area contributed by atoms with Gasteiger partial charge in [0.05, 0.1) is 10.9 Å². The summed E-state index contributed by atoms with van der Waals surface area (Å²) in [7, 11) is 0. The summed E-state index contributed by atoms with van der Waals surface area (Å²) in [4.78, 5) is 36.5. The smallest absolute Gasteiger partial charge is 0.217 e. The van der Waals surface area contributed by atoms with E-state index in [0.717, 1.165) is 25.0 Å². The van der Waals surface area contributed by atoms with Gasteiger partial charge < -0.3 is 20.4 Å². The maximum atomic E-state index is 13.4. The molecule has 1 aliphatic carbocycles. The highest BCUT2D eigenvalue weighted by molar-refractivity contribution is 6.18. The lowest BCUT2D eigenvalue weighted by molar-refractivity contribution is -0.119. The highest BCUT2D eigenvalue weighted by Gasteiger charge is 2.27. The van der Waals surface area contributed by atoms with Gasteiger partial charge in [-0.1, -0.05) is 18.2 Å². The minimum Gasteiger partial charge on any atom is -0.457 e. The lowest BCUT2D eigenvalue weighted by atomic mass is 10.0. The highest BCUT2D eigenvalue weighted by Crippen LogP contribution is 2.30. The monoisotopic (exact) mass is 455 g/mol. The van der Waals surface area contributed by atoms with Crippen LogP contribution >= 0.6 is 0 Å². The van der Waals surface area contributed by atoms with Crippen molar-refractivity contribution in [2.45, 2.75) is 38.3 Å². The first-order chi connectivity index (χ1) is 16.6. The molecule has 1 saturated carbocycles. The second-order valence-corrected chi connectivity index (χ2v) is 8.47. The lowest BCUT2D eigenvalue weighted by Gasteiger charge is -2.15. The molecular weight excluding hydrogens is 430 g/mol. The van der Waals surface area contributed by atoms with E-state index in [1.54, 1.807) is 30.5 Å². The topological polar surface area (TPSA) is 109 Å². The fraction of sp³-hybridized carbons (Fsp3) is 0.231. The molecule has 4 aromatic rings.